The van der Waals surface area contributed by atoms with Crippen LogP contribution in [0, 0.1) is 11.3 Å². The van der Waals surface area contributed by atoms with Gasteiger partial charge in [0, 0.05) is 5.33 Å². The highest BCUT2D eigenvalue weighted by molar-refractivity contribution is 9.09. The Morgan fingerprint density at radius 3 is 3.10 bits per heavy atom. The third-order valence-corrected chi connectivity index (χ3v) is 2.44. The van der Waals surface area contributed by atoms with Crippen molar-refractivity contribution in [1.82, 2.24) is 10.2 Å². The summed E-state index contributed by atoms with van der Waals surface area (Å²) in [5.74, 6) is -0.146. The molecular formula is C5H4BrN3S. The van der Waals surface area contributed by atoms with Gasteiger partial charge in [-0.2, -0.15) is 5.26 Å². The number of aromatic nitrogens is 2. The van der Waals surface area contributed by atoms with Gasteiger partial charge in [0.05, 0.1) is 6.07 Å². The van der Waals surface area contributed by atoms with E-state index < -0.39 is 0 Å². The summed E-state index contributed by atoms with van der Waals surface area (Å²) in [6.45, 7) is 0. The van der Waals surface area contributed by atoms with Gasteiger partial charge < -0.3 is 0 Å². The van der Waals surface area contributed by atoms with Gasteiger partial charge in [0.1, 0.15) is 16.4 Å². The Balaban J connectivity index is 2.76. The first-order valence-electron chi connectivity index (χ1n) is 2.60. The lowest BCUT2D eigenvalue weighted by molar-refractivity contribution is 0.921. The lowest BCUT2D eigenvalue weighted by atomic mass is 10.2. The van der Waals surface area contributed by atoms with Gasteiger partial charge in [-0.1, -0.05) is 15.9 Å². The zero-order chi connectivity index (χ0) is 7.40. The molecule has 0 aromatic carbocycles. The van der Waals surface area contributed by atoms with Crippen LogP contribution in [0.1, 0.15) is 10.9 Å². The molecule has 3 nitrogen and oxygen atoms in total. The van der Waals surface area contributed by atoms with Crippen molar-refractivity contribution in [2.75, 3.05) is 5.33 Å². The molecule has 5 heteroatoms. The summed E-state index contributed by atoms with van der Waals surface area (Å²) in [6.07, 6.45) is 0. The fourth-order valence-electron chi connectivity index (χ4n) is 0.489. The van der Waals surface area contributed by atoms with Crippen LogP contribution in [-0.4, -0.2) is 15.5 Å². The van der Waals surface area contributed by atoms with Crippen LogP contribution in [0.5, 0.6) is 0 Å². The Bertz CT molecular complexity index is 228. The van der Waals surface area contributed by atoms with Crippen molar-refractivity contribution in [2.24, 2.45) is 0 Å². The van der Waals surface area contributed by atoms with E-state index in [-0.39, 0.29) is 5.92 Å². The van der Waals surface area contributed by atoms with Crippen LogP contribution in [0.25, 0.3) is 0 Å². The quantitative estimate of drug-likeness (QED) is 0.707. The average molecular weight is 218 g/mol. The van der Waals surface area contributed by atoms with E-state index in [1.807, 2.05) is 0 Å². The Hall–Kier alpha value is -0.470. The first-order valence-corrected chi connectivity index (χ1v) is 4.60. The average Bonchev–Trinajstić information content (AvgIpc) is 2.43. The first-order chi connectivity index (χ1) is 4.88. The van der Waals surface area contributed by atoms with Crippen molar-refractivity contribution in [2.45, 2.75) is 5.92 Å². The van der Waals surface area contributed by atoms with Crippen molar-refractivity contribution in [3.63, 3.8) is 0 Å². The number of nitrogens with zero attached hydrogens (tertiary/aromatic N) is 3. The Labute approximate surface area is 70.8 Å². The second-order valence-electron chi connectivity index (χ2n) is 1.61. The molecule has 0 N–H and O–H groups in total. The van der Waals surface area contributed by atoms with E-state index in [2.05, 4.69) is 32.2 Å². The van der Waals surface area contributed by atoms with Crippen molar-refractivity contribution < 1.29 is 0 Å². The van der Waals surface area contributed by atoms with Gasteiger partial charge in [-0.05, 0) is 0 Å². The molecule has 1 rings (SSSR count). The number of halogens is 1. The first kappa shape index (κ1) is 7.63. The van der Waals surface area contributed by atoms with Crippen LogP contribution in [-0.2, 0) is 0 Å². The normalized spacial score (nSPS) is 12.4. The van der Waals surface area contributed by atoms with E-state index >= 15 is 0 Å². The molecule has 52 valence electrons. The highest BCUT2D eigenvalue weighted by Crippen LogP contribution is 2.17. The summed E-state index contributed by atoms with van der Waals surface area (Å²) >= 11 is 4.62. The monoisotopic (exact) mass is 217 g/mol. The van der Waals surface area contributed by atoms with Gasteiger partial charge in [-0.15, -0.1) is 21.5 Å². The minimum absolute atomic E-state index is 0.146. The number of hydrogen-bond donors (Lipinski definition) is 0. The number of hydrogen-bond acceptors (Lipinski definition) is 4. The summed E-state index contributed by atoms with van der Waals surface area (Å²) in [4.78, 5) is 0. The van der Waals surface area contributed by atoms with E-state index in [0.29, 0.717) is 5.33 Å². The van der Waals surface area contributed by atoms with Crippen LogP contribution < -0.4 is 0 Å². The van der Waals surface area contributed by atoms with Crippen molar-refractivity contribution in [3.05, 3.63) is 10.5 Å². The maximum Gasteiger partial charge on any atom is 0.135 e. The van der Waals surface area contributed by atoms with Gasteiger partial charge in [-0.25, -0.2) is 0 Å². The van der Waals surface area contributed by atoms with Crippen LogP contribution in [0.3, 0.4) is 0 Å². The standard InChI is InChI=1S/C5H4BrN3S/c6-1-4(2-7)5-9-8-3-10-5/h3-4H,1H2. The molecule has 0 saturated carbocycles. The smallest absolute Gasteiger partial charge is 0.135 e. The molecule has 0 fully saturated rings. The SMILES string of the molecule is N#CC(CBr)c1nncs1. The van der Waals surface area contributed by atoms with Crippen molar-refractivity contribution >= 4 is 27.3 Å². The molecular weight excluding hydrogens is 214 g/mol. The van der Waals surface area contributed by atoms with Gasteiger partial charge in [-0.3, -0.25) is 0 Å². The zero-order valence-corrected chi connectivity index (χ0v) is 7.39. The Morgan fingerprint density at radius 2 is 2.70 bits per heavy atom. The molecule has 0 amide bonds. The second kappa shape index (κ2) is 3.64. The van der Waals surface area contributed by atoms with Crippen molar-refractivity contribution in [3.8, 4) is 6.07 Å². The highest BCUT2D eigenvalue weighted by Gasteiger charge is 2.11. The van der Waals surface area contributed by atoms with Gasteiger partial charge in [0.2, 0.25) is 0 Å². The van der Waals surface area contributed by atoms with Crippen LogP contribution >= 0.6 is 27.3 Å². The summed E-state index contributed by atoms with van der Waals surface area (Å²) in [5, 5.41) is 17.4. The van der Waals surface area contributed by atoms with E-state index in [0.717, 1.165) is 5.01 Å². The summed E-state index contributed by atoms with van der Waals surface area (Å²) in [6, 6.07) is 2.12. The molecule has 0 aliphatic heterocycles. The Morgan fingerprint density at radius 1 is 1.90 bits per heavy atom. The highest BCUT2D eigenvalue weighted by atomic mass is 79.9. The zero-order valence-electron chi connectivity index (χ0n) is 4.99. The third-order valence-electron chi connectivity index (χ3n) is 0.985. The lowest BCUT2D eigenvalue weighted by Gasteiger charge is -1.94. The maximum absolute atomic E-state index is 8.56. The number of rotatable bonds is 2. The topological polar surface area (TPSA) is 49.6 Å². The van der Waals surface area contributed by atoms with E-state index in [4.69, 9.17) is 5.26 Å². The van der Waals surface area contributed by atoms with E-state index in [9.17, 15) is 0 Å². The fourth-order valence-corrected chi connectivity index (χ4v) is 1.75. The molecule has 1 unspecified atom stereocenters. The van der Waals surface area contributed by atoms with Crippen molar-refractivity contribution in [1.29, 1.82) is 5.26 Å². The maximum atomic E-state index is 8.56. The van der Waals surface area contributed by atoms with Crippen LogP contribution in [0.15, 0.2) is 5.51 Å². The third kappa shape index (κ3) is 1.52. The Kier molecular flexibility index (Phi) is 2.78. The molecule has 0 spiro atoms. The summed E-state index contributed by atoms with van der Waals surface area (Å²) < 4.78 is 0. The lowest BCUT2D eigenvalue weighted by Crippen LogP contribution is -1.95. The molecule has 0 bridgehead atoms. The fraction of sp³-hybridized carbons (Fsp3) is 0.400. The summed E-state index contributed by atoms with van der Waals surface area (Å²) in [5.41, 5.74) is 1.63. The van der Waals surface area contributed by atoms with Gasteiger partial charge in [0.25, 0.3) is 0 Å². The molecule has 0 radical (unpaired) electrons. The van der Waals surface area contributed by atoms with Crippen LogP contribution in [0.2, 0.25) is 0 Å². The predicted octanol–water partition coefficient (Wildman–Crippen LogP) is 1.54. The predicted molar refractivity (Wildman–Crippen MR) is 42.1 cm³/mol. The van der Waals surface area contributed by atoms with Gasteiger partial charge >= 0.3 is 0 Å². The second-order valence-corrected chi connectivity index (χ2v) is 3.13. The molecule has 10 heavy (non-hydrogen) atoms. The van der Waals surface area contributed by atoms with Gasteiger partial charge in [0.15, 0.2) is 0 Å². The number of alkyl halides is 1. The molecule has 1 heterocycles. The molecule has 0 aliphatic carbocycles. The summed E-state index contributed by atoms with van der Waals surface area (Å²) in [7, 11) is 0. The van der Waals surface area contributed by atoms with Crippen LogP contribution in [0.4, 0.5) is 0 Å². The minimum Gasteiger partial charge on any atom is -0.198 e. The molecule has 0 saturated heterocycles. The molecule has 1 aromatic rings. The van der Waals surface area contributed by atoms with E-state index in [1.54, 1.807) is 5.51 Å². The molecule has 1 atom stereocenters. The largest absolute Gasteiger partial charge is 0.198 e. The minimum atomic E-state index is -0.146. The molecule has 1 aromatic heterocycles. The molecule has 0 aliphatic rings. The number of nitriles is 1. The van der Waals surface area contributed by atoms with E-state index in [1.165, 1.54) is 11.3 Å².